The van der Waals surface area contributed by atoms with Crippen LogP contribution in [0.3, 0.4) is 0 Å². The third kappa shape index (κ3) is 4.22. The third-order valence-corrected chi connectivity index (χ3v) is 3.59. The molecule has 1 aromatic rings. The summed E-state index contributed by atoms with van der Waals surface area (Å²) in [4.78, 5) is 15.3. The summed E-state index contributed by atoms with van der Waals surface area (Å²) in [6, 6.07) is 1.93. The van der Waals surface area contributed by atoms with E-state index in [2.05, 4.69) is 17.2 Å². The molecule has 0 fully saturated rings. The fraction of sp³-hybridized carbons (Fsp3) is 0.538. The first-order valence-electron chi connectivity index (χ1n) is 6.09. The number of rotatable bonds is 7. The Labute approximate surface area is 112 Å². The lowest BCUT2D eigenvalue weighted by Gasteiger charge is -2.16. The normalized spacial score (nSPS) is 12.2. The second-order valence-corrected chi connectivity index (χ2v) is 5.58. The highest BCUT2D eigenvalue weighted by Gasteiger charge is 2.15. The standard InChI is InChI=1S/C13H20N2O2S/c1-4-18-8-6-10(3)15-12-11(13(16)17)9(2)5-7-14-12/h5,7,10H,4,6,8H2,1-3H3,(H,14,15)(H,16,17). The van der Waals surface area contributed by atoms with Gasteiger partial charge in [-0.15, -0.1) is 0 Å². The van der Waals surface area contributed by atoms with Crippen molar-refractivity contribution in [3.63, 3.8) is 0 Å². The third-order valence-electron chi connectivity index (χ3n) is 2.66. The van der Waals surface area contributed by atoms with Gasteiger partial charge >= 0.3 is 5.97 Å². The van der Waals surface area contributed by atoms with Crippen LogP contribution in [-0.2, 0) is 0 Å². The number of nitrogens with zero attached hydrogens (tertiary/aromatic N) is 1. The molecule has 1 rings (SSSR count). The predicted molar refractivity (Wildman–Crippen MR) is 76.6 cm³/mol. The molecular weight excluding hydrogens is 248 g/mol. The average Bonchev–Trinajstić information content (AvgIpc) is 2.28. The molecule has 1 atom stereocenters. The summed E-state index contributed by atoms with van der Waals surface area (Å²) in [6.45, 7) is 5.97. The maximum atomic E-state index is 11.2. The van der Waals surface area contributed by atoms with Crippen molar-refractivity contribution in [2.24, 2.45) is 0 Å². The molecule has 0 saturated heterocycles. The first-order chi connectivity index (χ1) is 8.56. The van der Waals surface area contributed by atoms with E-state index in [1.54, 1.807) is 19.2 Å². The van der Waals surface area contributed by atoms with Crippen molar-refractivity contribution < 1.29 is 9.90 Å². The number of carboxylic acids is 1. The van der Waals surface area contributed by atoms with Crippen LogP contribution in [0.4, 0.5) is 5.82 Å². The number of pyridine rings is 1. The smallest absolute Gasteiger partial charge is 0.339 e. The molecule has 1 heterocycles. The quantitative estimate of drug-likeness (QED) is 0.744. The Balaban J connectivity index is 2.72. The van der Waals surface area contributed by atoms with E-state index in [4.69, 9.17) is 0 Å². The SMILES string of the molecule is CCSCCC(C)Nc1nccc(C)c1C(=O)O. The van der Waals surface area contributed by atoms with Crippen LogP contribution in [0.1, 0.15) is 36.2 Å². The molecule has 0 aromatic carbocycles. The second kappa shape index (κ2) is 7.26. The highest BCUT2D eigenvalue weighted by molar-refractivity contribution is 7.99. The van der Waals surface area contributed by atoms with E-state index >= 15 is 0 Å². The van der Waals surface area contributed by atoms with Crippen LogP contribution < -0.4 is 5.32 Å². The first-order valence-corrected chi connectivity index (χ1v) is 7.24. The largest absolute Gasteiger partial charge is 0.478 e. The molecule has 4 nitrogen and oxygen atoms in total. The molecular formula is C13H20N2O2S. The zero-order valence-electron chi connectivity index (χ0n) is 11.1. The van der Waals surface area contributed by atoms with E-state index in [1.165, 1.54) is 0 Å². The minimum atomic E-state index is -0.932. The lowest BCUT2D eigenvalue weighted by atomic mass is 10.1. The minimum Gasteiger partial charge on any atom is -0.478 e. The summed E-state index contributed by atoms with van der Waals surface area (Å²) >= 11 is 1.88. The Kier molecular flexibility index (Phi) is 5.98. The van der Waals surface area contributed by atoms with E-state index in [0.717, 1.165) is 23.5 Å². The molecule has 0 amide bonds. The van der Waals surface area contributed by atoms with E-state index < -0.39 is 5.97 Å². The molecule has 100 valence electrons. The number of hydrogen-bond acceptors (Lipinski definition) is 4. The summed E-state index contributed by atoms with van der Waals surface area (Å²) in [6.07, 6.45) is 2.63. The van der Waals surface area contributed by atoms with Gasteiger partial charge in [0.05, 0.1) is 0 Å². The van der Waals surface area contributed by atoms with E-state index in [-0.39, 0.29) is 11.6 Å². The highest BCUT2D eigenvalue weighted by Crippen LogP contribution is 2.18. The molecule has 0 bridgehead atoms. The summed E-state index contributed by atoms with van der Waals surface area (Å²) in [5.41, 5.74) is 1.00. The maximum absolute atomic E-state index is 11.2. The maximum Gasteiger partial charge on any atom is 0.339 e. The van der Waals surface area contributed by atoms with Gasteiger partial charge in [-0.3, -0.25) is 0 Å². The number of aromatic nitrogens is 1. The molecule has 0 aliphatic rings. The van der Waals surface area contributed by atoms with E-state index in [0.29, 0.717) is 5.82 Å². The van der Waals surface area contributed by atoms with Crippen molar-refractivity contribution in [1.29, 1.82) is 0 Å². The van der Waals surface area contributed by atoms with Crippen molar-refractivity contribution in [3.8, 4) is 0 Å². The lowest BCUT2D eigenvalue weighted by Crippen LogP contribution is -2.19. The van der Waals surface area contributed by atoms with Crippen molar-refractivity contribution in [2.45, 2.75) is 33.2 Å². The molecule has 5 heteroatoms. The molecule has 2 N–H and O–H groups in total. The number of aryl methyl sites for hydroxylation is 1. The predicted octanol–water partition coefficient (Wildman–Crippen LogP) is 3.03. The molecule has 1 unspecified atom stereocenters. The Hall–Kier alpha value is -1.23. The Morgan fingerprint density at radius 2 is 2.33 bits per heavy atom. The van der Waals surface area contributed by atoms with Gasteiger partial charge in [0.1, 0.15) is 11.4 Å². The zero-order valence-corrected chi connectivity index (χ0v) is 11.9. The molecule has 0 radical (unpaired) electrons. The zero-order chi connectivity index (χ0) is 13.5. The van der Waals surface area contributed by atoms with Crippen molar-refractivity contribution in [2.75, 3.05) is 16.8 Å². The Morgan fingerprint density at radius 3 is 2.94 bits per heavy atom. The van der Waals surface area contributed by atoms with Crippen LogP contribution in [0.5, 0.6) is 0 Å². The van der Waals surface area contributed by atoms with Gasteiger partial charge in [-0.05, 0) is 43.4 Å². The van der Waals surface area contributed by atoms with Gasteiger partial charge in [-0.1, -0.05) is 6.92 Å². The van der Waals surface area contributed by atoms with Gasteiger partial charge in [-0.25, -0.2) is 9.78 Å². The van der Waals surface area contributed by atoms with Crippen LogP contribution in [0.2, 0.25) is 0 Å². The summed E-state index contributed by atoms with van der Waals surface area (Å²) < 4.78 is 0. The van der Waals surface area contributed by atoms with E-state index in [9.17, 15) is 9.90 Å². The number of aromatic carboxylic acids is 1. The number of carboxylic acid groups (broad SMARTS) is 1. The average molecular weight is 268 g/mol. The number of hydrogen-bond donors (Lipinski definition) is 2. The number of nitrogens with one attached hydrogen (secondary N) is 1. The van der Waals surface area contributed by atoms with Crippen LogP contribution in [0.15, 0.2) is 12.3 Å². The summed E-state index contributed by atoms with van der Waals surface area (Å²) in [5, 5.41) is 12.4. The van der Waals surface area contributed by atoms with Crippen LogP contribution in [0, 0.1) is 6.92 Å². The molecule has 0 aliphatic heterocycles. The Morgan fingerprint density at radius 1 is 1.61 bits per heavy atom. The van der Waals surface area contributed by atoms with Crippen LogP contribution in [0.25, 0.3) is 0 Å². The van der Waals surface area contributed by atoms with Gasteiger partial charge in [0.15, 0.2) is 0 Å². The fourth-order valence-corrected chi connectivity index (χ4v) is 2.46. The summed E-state index contributed by atoms with van der Waals surface area (Å²) in [5.74, 6) is 1.71. The van der Waals surface area contributed by atoms with Crippen molar-refractivity contribution >= 4 is 23.5 Å². The second-order valence-electron chi connectivity index (χ2n) is 4.19. The molecule has 0 spiro atoms. The topological polar surface area (TPSA) is 62.2 Å². The molecule has 18 heavy (non-hydrogen) atoms. The van der Waals surface area contributed by atoms with Gasteiger partial charge in [-0.2, -0.15) is 11.8 Å². The number of thioether (sulfide) groups is 1. The highest BCUT2D eigenvalue weighted by atomic mass is 32.2. The van der Waals surface area contributed by atoms with Crippen LogP contribution in [-0.4, -0.2) is 33.6 Å². The molecule has 1 aromatic heterocycles. The molecule has 0 saturated carbocycles. The van der Waals surface area contributed by atoms with Crippen LogP contribution >= 0.6 is 11.8 Å². The van der Waals surface area contributed by atoms with Gasteiger partial charge in [0.2, 0.25) is 0 Å². The van der Waals surface area contributed by atoms with E-state index in [1.807, 2.05) is 18.7 Å². The molecule has 0 aliphatic carbocycles. The minimum absolute atomic E-state index is 0.219. The van der Waals surface area contributed by atoms with Gasteiger partial charge in [0.25, 0.3) is 0 Å². The first kappa shape index (κ1) is 14.8. The van der Waals surface area contributed by atoms with Gasteiger partial charge in [0, 0.05) is 12.2 Å². The number of anilines is 1. The number of carbonyl (C=O) groups is 1. The van der Waals surface area contributed by atoms with Gasteiger partial charge < -0.3 is 10.4 Å². The lowest BCUT2D eigenvalue weighted by molar-refractivity contribution is 0.0697. The summed E-state index contributed by atoms with van der Waals surface area (Å²) in [7, 11) is 0. The monoisotopic (exact) mass is 268 g/mol. The Bertz CT molecular complexity index is 410. The van der Waals surface area contributed by atoms with Crippen molar-refractivity contribution in [1.82, 2.24) is 4.98 Å². The van der Waals surface area contributed by atoms with Crippen molar-refractivity contribution in [3.05, 3.63) is 23.4 Å². The fourth-order valence-electron chi connectivity index (χ4n) is 1.65.